The van der Waals surface area contributed by atoms with Gasteiger partial charge < -0.3 is 24.3 Å². The van der Waals surface area contributed by atoms with Crippen molar-refractivity contribution in [3.63, 3.8) is 0 Å². The van der Waals surface area contributed by atoms with Crippen LogP contribution in [-0.4, -0.2) is 66.0 Å². The lowest BCUT2D eigenvalue weighted by atomic mass is 10.1. The van der Waals surface area contributed by atoms with Crippen molar-refractivity contribution < 1.29 is 23.1 Å². The number of carbonyl (C=O) groups excluding carboxylic acids is 2. The number of anilines is 2. The van der Waals surface area contributed by atoms with Crippen LogP contribution in [0.2, 0.25) is 0 Å². The fourth-order valence-corrected chi connectivity index (χ4v) is 4.74. The second-order valence-electron chi connectivity index (χ2n) is 8.74. The van der Waals surface area contributed by atoms with Crippen molar-refractivity contribution in [3.05, 3.63) is 84.2 Å². The third-order valence-corrected chi connectivity index (χ3v) is 7.08. The first kappa shape index (κ1) is 26.2. The summed E-state index contributed by atoms with van der Waals surface area (Å²) in [5.74, 6) is 0.170. The largest absolute Gasteiger partial charge is 0.497 e. The van der Waals surface area contributed by atoms with E-state index in [0.717, 1.165) is 23.2 Å². The summed E-state index contributed by atoms with van der Waals surface area (Å²) in [6.45, 7) is 2.66. The van der Waals surface area contributed by atoms with Crippen molar-refractivity contribution >= 4 is 35.0 Å². The van der Waals surface area contributed by atoms with Crippen molar-refractivity contribution in [3.8, 4) is 17.2 Å². The molecule has 0 spiro atoms. The maximum Gasteiger partial charge on any atom is 0.277 e. The number of hydrogen-bond donors (Lipinski definition) is 1. The number of benzene rings is 3. The number of carbonyl (C=O) groups is 2. The molecule has 0 aliphatic carbocycles. The van der Waals surface area contributed by atoms with Crippen LogP contribution >= 0.6 is 11.8 Å². The van der Waals surface area contributed by atoms with Crippen molar-refractivity contribution in [1.82, 2.24) is 15.1 Å². The molecule has 1 fully saturated rings. The van der Waals surface area contributed by atoms with E-state index in [1.165, 1.54) is 6.07 Å². The van der Waals surface area contributed by atoms with Crippen molar-refractivity contribution in [2.45, 2.75) is 5.22 Å². The van der Waals surface area contributed by atoms with Gasteiger partial charge in [0.1, 0.15) is 11.6 Å². The number of thioether (sulfide) groups is 1. The summed E-state index contributed by atoms with van der Waals surface area (Å²) in [5, 5.41) is 10.8. The van der Waals surface area contributed by atoms with Gasteiger partial charge in [0.2, 0.25) is 5.91 Å². The van der Waals surface area contributed by atoms with Gasteiger partial charge in [-0.05, 0) is 60.7 Å². The molecule has 0 radical (unpaired) electrons. The molecule has 0 bridgehead atoms. The van der Waals surface area contributed by atoms with Gasteiger partial charge in [-0.25, -0.2) is 4.39 Å². The Morgan fingerprint density at radius 2 is 1.69 bits per heavy atom. The van der Waals surface area contributed by atoms with Crippen LogP contribution in [0.25, 0.3) is 11.5 Å². The Balaban J connectivity index is 1.08. The predicted octanol–water partition coefficient (Wildman–Crippen LogP) is 4.58. The average Bonchev–Trinajstić information content (AvgIpc) is 3.45. The third kappa shape index (κ3) is 6.37. The van der Waals surface area contributed by atoms with E-state index in [1.807, 2.05) is 29.2 Å². The Morgan fingerprint density at radius 1 is 0.974 bits per heavy atom. The van der Waals surface area contributed by atoms with Crippen LogP contribution in [0.4, 0.5) is 15.8 Å². The summed E-state index contributed by atoms with van der Waals surface area (Å²) in [6, 6.07) is 20.8. The molecular weight excluding hydrogens is 521 g/mol. The summed E-state index contributed by atoms with van der Waals surface area (Å²) < 4.78 is 24.5. The summed E-state index contributed by atoms with van der Waals surface area (Å²) >= 11 is 1.08. The zero-order valence-electron chi connectivity index (χ0n) is 21.2. The van der Waals surface area contributed by atoms with Crippen molar-refractivity contribution in [2.75, 3.05) is 49.3 Å². The van der Waals surface area contributed by atoms with Gasteiger partial charge in [-0.1, -0.05) is 23.9 Å². The minimum absolute atomic E-state index is 0.0113. The van der Waals surface area contributed by atoms with E-state index in [4.69, 9.17) is 9.15 Å². The van der Waals surface area contributed by atoms with Gasteiger partial charge in [-0.3, -0.25) is 9.59 Å². The van der Waals surface area contributed by atoms with E-state index in [-0.39, 0.29) is 34.2 Å². The molecule has 1 aliphatic heterocycles. The smallest absolute Gasteiger partial charge is 0.277 e. The van der Waals surface area contributed by atoms with E-state index in [1.54, 1.807) is 49.6 Å². The van der Waals surface area contributed by atoms with Gasteiger partial charge in [0, 0.05) is 43.1 Å². The highest BCUT2D eigenvalue weighted by atomic mass is 32.2. The molecular formula is C28H26FN5O4S. The SMILES string of the molecule is COc1ccc(C(=O)N2CCN(c3ccc(NC(=O)CSc4nnc(-c5ccccc5F)o4)cc3)CC2)cc1. The second kappa shape index (κ2) is 12.0. The van der Waals surface area contributed by atoms with Crippen LogP contribution in [0, 0.1) is 5.82 Å². The van der Waals surface area contributed by atoms with Gasteiger partial charge in [0.25, 0.3) is 17.0 Å². The Bertz CT molecular complexity index is 1440. The Labute approximate surface area is 229 Å². The highest BCUT2D eigenvalue weighted by Gasteiger charge is 2.22. The van der Waals surface area contributed by atoms with Crippen molar-refractivity contribution in [2.24, 2.45) is 0 Å². The van der Waals surface area contributed by atoms with E-state index in [9.17, 15) is 14.0 Å². The van der Waals surface area contributed by atoms with Gasteiger partial charge in [-0.2, -0.15) is 0 Å². The molecule has 0 unspecified atom stereocenters. The number of aromatic nitrogens is 2. The maximum atomic E-state index is 13.9. The number of amides is 2. The molecule has 200 valence electrons. The zero-order valence-corrected chi connectivity index (χ0v) is 22.0. The molecule has 9 nitrogen and oxygen atoms in total. The van der Waals surface area contributed by atoms with Crippen LogP contribution < -0.4 is 15.0 Å². The van der Waals surface area contributed by atoms with E-state index >= 15 is 0 Å². The van der Waals surface area contributed by atoms with E-state index in [2.05, 4.69) is 20.4 Å². The third-order valence-electron chi connectivity index (χ3n) is 6.26. The van der Waals surface area contributed by atoms with Crippen molar-refractivity contribution in [1.29, 1.82) is 0 Å². The van der Waals surface area contributed by atoms with Crippen LogP contribution in [0.3, 0.4) is 0 Å². The lowest BCUT2D eigenvalue weighted by Gasteiger charge is -2.36. The number of halogens is 1. The Kier molecular flexibility index (Phi) is 8.07. The molecule has 1 saturated heterocycles. The number of methoxy groups -OCH3 is 1. The number of hydrogen-bond acceptors (Lipinski definition) is 8. The minimum atomic E-state index is -0.456. The molecule has 3 aromatic carbocycles. The Morgan fingerprint density at radius 3 is 2.38 bits per heavy atom. The first-order valence-corrected chi connectivity index (χ1v) is 13.3. The predicted molar refractivity (Wildman–Crippen MR) is 147 cm³/mol. The first-order valence-electron chi connectivity index (χ1n) is 12.3. The molecule has 1 aromatic heterocycles. The number of ether oxygens (including phenoxy) is 1. The molecule has 5 rings (SSSR count). The van der Waals surface area contributed by atoms with Gasteiger partial charge in [-0.15, -0.1) is 10.2 Å². The minimum Gasteiger partial charge on any atom is -0.497 e. The molecule has 4 aromatic rings. The molecule has 1 aliphatic rings. The molecule has 0 atom stereocenters. The molecule has 0 saturated carbocycles. The molecule has 2 heterocycles. The summed E-state index contributed by atoms with van der Waals surface area (Å²) in [4.78, 5) is 29.3. The highest BCUT2D eigenvalue weighted by Crippen LogP contribution is 2.26. The lowest BCUT2D eigenvalue weighted by Crippen LogP contribution is -2.48. The topological polar surface area (TPSA) is 101 Å². The lowest BCUT2D eigenvalue weighted by molar-refractivity contribution is -0.113. The highest BCUT2D eigenvalue weighted by molar-refractivity contribution is 7.99. The summed E-state index contributed by atoms with van der Waals surface area (Å²) in [7, 11) is 1.60. The molecule has 1 N–H and O–H groups in total. The molecule has 39 heavy (non-hydrogen) atoms. The Hall–Kier alpha value is -4.38. The molecule has 2 amide bonds. The first-order chi connectivity index (χ1) is 19.0. The van der Waals surface area contributed by atoms with E-state index in [0.29, 0.717) is 37.4 Å². The summed E-state index contributed by atoms with van der Waals surface area (Å²) in [6.07, 6.45) is 0. The fraction of sp³-hybridized carbons (Fsp3) is 0.214. The number of rotatable bonds is 8. The quantitative estimate of drug-likeness (QED) is 0.320. The standard InChI is InChI=1S/C28H26FN5O4S/c1-37-22-12-6-19(7-13-22)27(36)34-16-14-33(15-17-34)21-10-8-20(9-11-21)30-25(35)18-39-28-32-31-26(38-28)23-4-2-3-5-24(23)29/h2-13H,14-18H2,1H3,(H,30,35). The average molecular weight is 548 g/mol. The van der Waals surface area contributed by atoms with E-state index < -0.39 is 5.82 Å². The maximum absolute atomic E-state index is 13.9. The number of nitrogens with zero attached hydrogens (tertiary/aromatic N) is 4. The number of nitrogens with one attached hydrogen (secondary N) is 1. The van der Waals surface area contributed by atoms with Gasteiger partial charge in [0.05, 0.1) is 18.4 Å². The zero-order chi connectivity index (χ0) is 27.2. The van der Waals surface area contributed by atoms with Crippen LogP contribution in [-0.2, 0) is 4.79 Å². The van der Waals surface area contributed by atoms with Crippen LogP contribution in [0.1, 0.15) is 10.4 Å². The number of piperazine rings is 1. The van der Waals surface area contributed by atoms with Crippen LogP contribution in [0.15, 0.2) is 82.4 Å². The molecule has 11 heteroatoms. The normalized spacial score (nSPS) is 13.3. The second-order valence-corrected chi connectivity index (χ2v) is 9.67. The summed E-state index contributed by atoms with van der Waals surface area (Å²) in [5.41, 5.74) is 2.54. The van der Waals surface area contributed by atoms with Gasteiger partial charge >= 0.3 is 0 Å². The van der Waals surface area contributed by atoms with Gasteiger partial charge in [0.15, 0.2) is 0 Å². The monoisotopic (exact) mass is 547 g/mol. The van der Waals surface area contributed by atoms with Crippen LogP contribution in [0.5, 0.6) is 5.75 Å². The fourth-order valence-electron chi connectivity index (χ4n) is 4.18.